The van der Waals surface area contributed by atoms with E-state index in [0.717, 1.165) is 57.7 Å². The topological polar surface area (TPSA) is 64.6 Å². The highest BCUT2D eigenvalue weighted by molar-refractivity contribution is 7.99. The predicted molar refractivity (Wildman–Crippen MR) is 139 cm³/mol. The molecule has 0 radical (unpaired) electrons. The van der Waals surface area contributed by atoms with E-state index in [2.05, 4.69) is 11.1 Å². The number of aromatic nitrogens is 2. The number of ether oxygens (including phenoxy) is 2. The molecule has 0 aliphatic carbocycles. The fourth-order valence-corrected chi connectivity index (χ4v) is 5.37. The van der Waals surface area contributed by atoms with Gasteiger partial charge in [0.05, 0.1) is 19.4 Å². The zero-order chi connectivity index (χ0) is 23.8. The molecule has 0 unspecified atom stereocenters. The highest BCUT2D eigenvalue weighted by Crippen LogP contribution is 2.35. The van der Waals surface area contributed by atoms with Crippen LogP contribution in [-0.4, -0.2) is 60.4 Å². The second-order valence-electron chi connectivity index (χ2n) is 8.00. The zero-order valence-electron chi connectivity index (χ0n) is 19.5. The van der Waals surface area contributed by atoms with Crippen molar-refractivity contribution in [1.82, 2.24) is 14.9 Å². The summed E-state index contributed by atoms with van der Waals surface area (Å²) in [5.74, 6) is 1.77. The Bertz CT molecular complexity index is 1120. The van der Waals surface area contributed by atoms with Crippen LogP contribution in [0.4, 0.5) is 0 Å². The summed E-state index contributed by atoms with van der Waals surface area (Å²) in [5, 5.41) is 2.75. The highest BCUT2D eigenvalue weighted by Gasteiger charge is 2.27. The Kier molecular flexibility index (Phi) is 8.73. The van der Waals surface area contributed by atoms with Gasteiger partial charge in [0.2, 0.25) is 5.91 Å². The summed E-state index contributed by atoms with van der Waals surface area (Å²) < 4.78 is 10.6. The summed E-state index contributed by atoms with van der Waals surface area (Å²) >= 11 is 3.21. The molecular weight excluding hydrogens is 466 g/mol. The average Bonchev–Trinajstić information content (AvgIpc) is 3.41. The van der Waals surface area contributed by atoms with Crippen molar-refractivity contribution in [2.45, 2.75) is 23.9 Å². The number of rotatable bonds is 9. The standard InChI is InChI=1S/C26H29N3O3S2/c1-31-13-15-34-26-27-17-23(19-6-3-8-21(16-19)32-2)25(28-26)20-7-4-12-29(18-20)24(30)11-10-22-9-5-14-33-22/h3,5-6,8-11,14,16-17,20H,4,7,12-13,15,18H2,1-2H3/b11-10+/t20-/m1/s1. The number of hydrogen-bond donors (Lipinski definition) is 0. The van der Waals surface area contributed by atoms with Gasteiger partial charge in [-0.1, -0.05) is 30.0 Å². The van der Waals surface area contributed by atoms with E-state index in [4.69, 9.17) is 14.5 Å². The molecule has 2 aromatic heterocycles. The molecule has 0 spiro atoms. The second kappa shape index (κ2) is 12.1. The van der Waals surface area contributed by atoms with Gasteiger partial charge in [-0.15, -0.1) is 11.3 Å². The lowest BCUT2D eigenvalue weighted by molar-refractivity contribution is -0.127. The van der Waals surface area contributed by atoms with Crippen LogP contribution in [0.3, 0.4) is 0 Å². The summed E-state index contributed by atoms with van der Waals surface area (Å²) in [6.45, 7) is 2.05. The van der Waals surface area contributed by atoms with Crippen LogP contribution in [0.25, 0.3) is 17.2 Å². The second-order valence-corrected chi connectivity index (χ2v) is 10.0. The van der Waals surface area contributed by atoms with Crippen LogP contribution in [0, 0.1) is 0 Å². The number of thiophene rings is 1. The van der Waals surface area contributed by atoms with Crippen molar-refractivity contribution in [2.24, 2.45) is 0 Å². The third kappa shape index (κ3) is 6.25. The molecule has 1 amide bonds. The van der Waals surface area contributed by atoms with Crippen molar-refractivity contribution in [2.75, 3.05) is 39.7 Å². The molecule has 4 rings (SSSR count). The minimum absolute atomic E-state index is 0.0461. The van der Waals surface area contributed by atoms with Gasteiger partial charge >= 0.3 is 0 Å². The molecule has 3 aromatic rings. The van der Waals surface area contributed by atoms with Crippen molar-refractivity contribution in [3.63, 3.8) is 0 Å². The van der Waals surface area contributed by atoms with E-state index < -0.39 is 0 Å². The first-order valence-corrected chi connectivity index (χ1v) is 13.2. The Morgan fingerprint density at radius 3 is 3.00 bits per heavy atom. The van der Waals surface area contributed by atoms with Crippen LogP contribution >= 0.6 is 23.1 Å². The van der Waals surface area contributed by atoms with E-state index in [1.54, 1.807) is 43.4 Å². The Hall–Kier alpha value is -2.68. The maximum absolute atomic E-state index is 12.9. The Balaban J connectivity index is 1.60. The zero-order valence-corrected chi connectivity index (χ0v) is 21.1. The Labute approximate surface area is 209 Å². The van der Waals surface area contributed by atoms with Gasteiger partial charge in [0.1, 0.15) is 5.75 Å². The van der Waals surface area contributed by atoms with E-state index in [0.29, 0.717) is 13.2 Å². The van der Waals surface area contributed by atoms with Gasteiger partial charge in [-0.05, 0) is 48.1 Å². The molecule has 1 fully saturated rings. The maximum atomic E-state index is 12.9. The van der Waals surface area contributed by atoms with Gasteiger partial charge in [0.15, 0.2) is 5.16 Å². The van der Waals surface area contributed by atoms with Crippen LogP contribution < -0.4 is 4.74 Å². The molecule has 178 valence electrons. The number of nitrogens with zero attached hydrogens (tertiary/aromatic N) is 3. The number of thioether (sulfide) groups is 1. The Morgan fingerprint density at radius 1 is 1.29 bits per heavy atom. The molecule has 1 atom stereocenters. The van der Waals surface area contributed by atoms with Crippen molar-refractivity contribution in [1.29, 1.82) is 0 Å². The first kappa shape index (κ1) is 24.4. The number of likely N-dealkylation sites (tertiary alicyclic amines) is 1. The summed E-state index contributed by atoms with van der Waals surface area (Å²) in [7, 11) is 3.36. The molecule has 1 saturated heterocycles. The molecule has 1 aromatic carbocycles. The summed E-state index contributed by atoms with van der Waals surface area (Å²) in [6.07, 6.45) is 7.41. The van der Waals surface area contributed by atoms with Crippen molar-refractivity contribution < 1.29 is 14.3 Å². The lowest BCUT2D eigenvalue weighted by Gasteiger charge is -2.32. The molecule has 34 heavy (non-hydrogen) atoms. The monoisotopic (exact) mass is 495 g/mol. The summed E-state index contributed by atoms with van der Waals surface area (Å²) in [6, 6.07) is 12.0. The number of hydrogen-bond acceptors (Lipinski definition) is 7. The fourth-order valence-electron chi connectivity index (χ4n) is 4.03. The molecule has 0 bridgehead atoms. The first-order chi connectivity index (χ1) is 16.7. The minimum atomic E-state index is 0.0461. The molecule has 8 heteroatoms. The van der Waals surface area contributed by atoms with Crippen molar-refractivity contribution in [3.05, 3.63) is 64.6 Å². The number of carbonyl (C=O) groups is 1. The highest BCUT2D eigenvalue weighted by atomic mass is 32.2. The lowest BCUT2D eigenvalue weighted by Crippen LogP contribution is -2.38. The third-order valence-corrected chi connectivity index (χ3v) is 7.41. The summed E-state index contributed by atoms with van der Waals surface area (Å²) in [5.41, 5.74) is 3.00. The van der Waals surface area contributed by atoms with Crippen molar-refractivity contribution >= 4 is 35.1 Å². The quantitative estimate of drug-likeness (QED) is 0.172. The molecule has 3 heterocycles. The van der Waals surface area contributed by atoms with Crippen LogP contribution in [0.15, 0.2) is 59.2 Å². The van der Waals surface area contributed by atoms with Crippen LogP contribution in [-0.2, 0) is 9.53 Å². The average molecular weight is 496 g/mol. The van der Waals surface area contributed by atoms with Gasteiger partial charge in [-0.2, -0.15) is 0 Å². The smallest absolute Gasteiger partial charge is 0.246 e. The molecule has 1 aliphatic heterocycles. The number of benzene rings is 1. The number of piperidine rings is 1. The first-order valence-electron chi connectivity index (χ1n) is 11.3. The fraction of sp³-hybridized carbons (Fsp3) is 0.346. The summed E-state index contributed by atoms with van der Waals surface area (Å²) in [4.78, 5) is 25.5. The van der Waals surface area contributed by atoms with Crippen LogP contribution in [0.1, 0.15) is 29.3 Å². The van der Waals surface area contributed by atoms with E-state index >= 15 is 0 Å². The van der Waals surface area contributed by atoms with Gasteiger partial charge in [-0.25, -0.2) is 9.97 Å². The van der Waals surface area contributed by atoms with E-state index in [9.17, 15) is 4.79 Å². The predicted octanol–water partition coefficient (Wildman–Crippen LogP) is 5.37. The molecule has 6 nitrogen and oxygen atoms in total. The molecule has 0 saturated carbocycles. The largest absolute Gasteiger partial charge is 0.497 e. The molecule has 1 aliphatic rings. The van der Waals surface area contributed by atoms with Gasteiger partial charge < -0.3 is 14.4 Å². The molecular formula is C26H29N3O3S2. The van der Waals surface area contributed by atoms with Crippen molar-refractivity contribution in [3.8, 4) is 16.9 Å². The third-order valence-electron chi connectivity index (χ3n) is 5.75. The van der Waals surface area contributed by atoms with E-state index in [1.807, 2.05) is 52.9 Å². The van der Waals surface area contributed by atoms with Crippen LogP contribution in [0.2, 0.25) is 0 Å². The van der Waals surface area contributed by atoms with E-state index in [-0.39, 0.29) is 11.8 Å². The van der Waals surface area contributed by atoms with E-state index in [1.165, 1.54) is 0 Å². The number of amides is 1. The number of methoxy groups -OCH3 is 2. The van der Waals surface area contributed by atoms with Crippen LogP contribution in [0.5, 0.6) is 5.75 Å². The van der Waals surface area contributed by atoms with Gasteiger partial charge in [-0.3, -0.25) is 4.79 Å². The Morgan fingerprint density at radius 2 is 2.21 bits per heavy atom. The van der Waals surface area contributed by atoms with Gasteiger partial charge in [0.25, 0.3) is 0 Å². The molecule has 0 N–H and O–H groups in total. The lowest BCUT2D eigenvalue weighted by atomic mass is 9.90. The van der Waals surface area contributed by atoms with Gasteiger partial charge in [0, 0.05) is 54.6 Å². The minimum Gasteiger partial charge on any atom is -0.497 e. The SMILES string of the molecule is COCCSc1ncc(-c2cccc(OC)c2)c([C@@H]2CCCN(C(=O)/C=C/c3cccs3)C2)n1. The maximum Gasteiger partial charge on any atom is 0.246 e. The number of carbonyl (C=O) groups excluding carboxylic acids is 1. The normalized spacial score (nSPS) is 16.2.